The van der Waals surface area contributed by atoms with Gasteiger partial charge in [-0.1, -0.05) is 25.1 Å². The fourth-order valence-corrected chi connectivity index (χ4v) is 2.84. The Morgan fingerprint density at radius 1 is 1.48 bits per heavy atom. The van der Waals surface area contributed by atoms with E-state index in [1.807, 2.05) is 22.4 Å². The van der Waals surface area contributed by atoms with E-state index in [4.69, 9.17) is 9.26 Å². The summed E-state index contributed by atoms with van der Waals surface area (Å²) in [6, 6.07) is 3.89. The van der Waals surface area contributed by atoms with Gasteiger partial charge in [-0.2, -0.15) is 4.98 Å². The molecule has 2 heterocycles. The van der Waals surface area contributed by atoms with Crippen LogP contribution in [0.2, 0.25) is 0 Å². The van der Waals surface area contributed by atoms with E-state index < -0.39 is 0 Å². The monoisotopic (exact) mass is 337 g/mol. The van der Waals surface area contributed by atoms with Crippen molar-refractivity contribution in [3.8, 4) is 10.7 Å². The minimum Gasteiger partial charge on any atom is -0.383 e. The predicted octanol–water partition coefficient (Wildman–Crippen LogP) is 2.86. The SMILES string of the molecule is COCCN(CC(C)C)C(=O)CCc1nc(-c2cccs2)no1. The van der Waals surface area contributed by atoms with Crippen molar-refractivity contribution >= 4 is 17.2 Å². The van der Waals surface area contributed by atoms with E-state index in [1.165, 1.54) is 0 Å². The van der Waals surface area contributed by atoms with E-state index in [0.717, 1.165) is 11.4 Å². The maximum Gasteiger partial charge on any atom is 0.227 e. The Kier molecular flexibility index (Phi) is 6.73. The number of hydrogen-bond acceptors (Lipinski definition) is 6. The summed E-state index contributed by atoms with van der Waals surface area (Å²) in [6.45, 7) is 6.07. The summed E-state index contributed by atoms with van der Waals surface area (Å²) < 4.78 is 10.3. The lowest BCUT2D eigenvalue weighted by Gasteiger charge is -2.24. The van der Waals surface area contributed by atoms with Crippen LogP contribution >= 0.6 is 11.3 Å². The van der Waals surface area contributed by atoms with Crippen LogP contribution in [0.1, 0.15) is 26.2 Å². The molecule has 0 N–H and O–H groups in total. The molecule has 0 saturated heterocycles. The van der Waals surface area contributed by atoms with Crippen molar-refractivity contribution < 1.29 is 14.1 Å². The summed E-state index contributed by atoms with van der Waals surface area (Å²) >= 11 is 1.56. The van der Waals surface area contributed by atoms with Crippen molar-refractivity contribution in [1.29, 1.82) is 0 Å². The van der Waals surface area contributed by atoms with Crippen LogP contribution in [0, 0.1) is 5.92 Å². The average molecular weight is 337 g/mol. The molecule has 0 saturated carbocycles. The second-order valence-electron chi connectivity index (χ2n) is 5.72. The number of aromatic nitrogens is 2. The van der Waals surface area contributed by atoms with Crippen molar-refractivity contribution in [2.45, 2.75) is 26.7 Å². The van der Waals surface area contributed by atoms with Crippen molar-refractivity contribution in [3.63, 3.8) is 0 Å². The minimum atomic E-state index is 0.0895. The number of nitrogens with zero attached hydrogens (tertiary/aromatic N) is 3. The van der Waals surface area contributed by atoms with Gasteiger partial charge in [0.2, 0.25) is 17.6 Å². The molecular weight excluding hydrogens is 314 g/mol. The van der Waals surface area contributed by atoms with Crippen molar-refractivity contribution in [1.82, 2.24) is 15.0 Å². The van der Waals surface area contributed by atoms with Crippen LogP contribution in [-0.4, -0.2) is 47.8 Å². The molecule has 0 fully saturated rings. The second kappa shape index (κ2) is 8.79. The first kappa shape index (κ1) is 17.6. The number of methoxy groups -OCH3 is 1. The van der Waals surface area contributed by atoms with Gasteiger partial charge in [0.1, 0.15) is 0 Å². The van der Waals surface area contributed by atoms with Crippen LogP contribution < -0.4 is 0 Å². The molecule has 0 aliphatic carbocycles. The van der Waals surface area contributed by atoms with E-state index in [-0.39, 0.29) is 5.91 Å². The zero-order valence-corrected chi connectivity index (χ0v) is 14.6. The van der Waals surface area contributed by atoms with E-state index in [0.29, 0.717) is 43.6 Å². The number of ether oxygens (including phenoxy) is 1. The van der Waals surface area contributed by atoms with Crippen LogP contribution in [0.15, 0.2) is 22.0 Å². The number of carbonyl (C=O) groups excluding carboxylic acids is 1. The zero-order chi connectivity index (χ0) is 16.7. The summed E-state index contributed by atoms with van der Waals surface area (Å²) in [6.07, 6.45) is 0.821. The van der Waals surface area contributed by atoms with Crippen molar-refractivity contribution in [2.24, 2.45) is 5.92 Å². The molecular formula is C16H23N3O3S. The number of carbonyl (C=O) groups is 1. The Morgan fingerprint density at radius 2 is 2.30 bits per heavy atom. The molecule has 0 bridgehead atoms. The second-order valence-corrected chi connectivity index (χ2v) is 6.66. The van der Waals surface area contributed by atoms with Crippen molar-refractivity contribution in [2.75, 3.05) is 26.8 Å². The van der Waals surface area contributed by atoms with E-state index in [1.54, 1.807) is 18.4 Å². The number of amides is 1. The molecule has 0 unspecified atom stereocenters. The third-order valence-corrected chi connectivity index (χ3v) is 4.13. The molecule has 0 radical (unpaired) electrons. The van der Waals surface area contributed by atoms with Gasteiger partial charge in [-0.05, 0) is 17.4 Å². The minimum absolute atomic E-state index is 0.0895. The Labute approximate surface area is 140 Å². The largest absolute Gasteiger partial charge is 0.383 e. The molecule has 23 heavy (non-hydrogen) atoms. The first-order chi connectivity index (χ1) is 11.1. The van der Waals surface area contributed by atoms with Crippen molar-refractivity contribution in [3.05, 3.63) is 23.4 Å². The standard InChI is InChI=1S/C16H23N3O3S/c1-12(2)11-19(8-9-21-3)15(20)7-6-14-17-16(18-22-14)13-5-4-10-23-13/h4-5,10,12H,6-9,11H2,1-3H3. The highest BCUT2D eigenvalue weighted by atomic mass is 32.1. The topological polar surface area (TPSA) is 68.5 Å². The summed E-state index contributed by atoms with van der Waals surface area (Å²) in [5, 5.41) is 5.93. The Balaban J connectivity index is 1.89. The lowest BCUT2D eigenvalue weighted by Crippen LogP contribution is -2.36. The summed E-state index contributed by atoms with van der Waals surface area (Å²) in [5.74, 6) is 1.59. The highest BCUT2D eigenvalue weighted by molar-refractivity contribution is 7.13. The lowest BCUT2D eigenvalue weighted by molar-refractivity contribution is -0.132. The number of aryl methyl sites for hydroxylation is 1. The molecule has 2 rings (SSSR count). The quantitative estimate of drug-likeness (QED) is 0.704. The summed E-state index contributed by atoms with van der Waals surface area (Å²) in [4.78, 5) is 19.5. The molecule has 7 heteroatoms. The van der Waals surface area contributed by atoms with Gasteiger partial charge in [-0.15, -0.1) is 11.3 Å². The Hall–Kier alpha value is -1.73. The zero-order valence-electron chi connectivity index (χ0n) is 13.8. The summed E-state index contributed by atoms with van der Waals surface area (Å²) in [5.41, 5.74) is 0. The van der Waals surface area contributed by atoms with Gasteiger partial charge in [-0.25, -0.2) is 0 Å². The fourth-order valence-electron chi connectivity index (χ4n) is 2.19. The molecule has 126 valence electrons. The summed E-state index contributed by atoms with van der Waals surface area (Å²) in [7, 11) is 1.64. The fraction of sp³-hybridized carbons (Fsp3) is 0.562. The number of thiophene rings is 1. The maximum absolute atomic E-state index is 12.4. The highest BCUT2D eigenvalue weighted by Crippen LogP contribution is 2.21. The van der Waals surface area contributed by atoms with Crippen LogP contribution in [0.3, 0.4) is 0 Å². The number of rotatable bonds is 9. The predicted molar refractivity (Wildman–Crippen MR) is 89.2 cm³/mol. The maximum atomic E-state index is 12.4. The molecule has 6 nitrogen and oxygen atoms in total. The van der Waals surface area contributed by atoms with Gasteiger partial charge in [0.05, 0.1) is 11.5 Å². The molecule has 1 amide bonds. The van der Waals surface area contributed by atoms with E-state index in [9.17, 15) is 4.79 Å². The first-order valence-electron chi connectivity index (χ1n) is 7.73. The van der Waals surface area contributed by atoms with Crippen LogP contribution in [-0.2, 0) is 16.0 Å². The lowest BCUT2D eigenvalue weighted by atomic mass is 10.2. The van der Waals surface area contributed by atoms with Crippen LogP contribution in [0.5, 0.6) is 0 Å². The van der Waals surface area contributed by atoms with Gasteiger partial charge >= 0.3 is 0 Å². The molecule has 2 aromatic rings. The van der Waals surface area contributed by atoms with Gasteiger partial charge in [0.25, 0.3) is 0 Å². The average Bonchev–Trinajstić information content (AvgIpc) is 3.19. The third-order valence-electron chi connectivity index (χ3n) is 3.27. The third kappa shape index (κ3) is 5.44. The normalized spacial score (nSPS) is 11.1. The molecule has 0 aromatic carbocycles. The Morgan fingerprint density at radius 3 is 2.96 bits per heavy atom. The van der Waals surface area contributed by atoms with Crippen LogP contribution in [0.25, 0.3) is 10.7 Å². The van der Waals surface area contributed by atoms with Gasteiger partial charge < -0.3 is 14.2 Å². The van der Waals surface area contributed by atoms with Crippen LogP contribution in [0.4, 0.5) is 0 Å². The highest BCUT2D eigenvalue weighted by Gasteiger charge is 2.17. The first-order valence-corrected chi connectivity index (χ1v) is 8.61. The molecule has 2 aromatic heterocycles. The van der Waals surface area contributed by atoms with Gasteiger partial charge in [-0.3, -0.25) is 4.79 Å². The Bertz CT molecular complexity index is 595. The van der Waals surface area contributed by atoms with Gasteiger partial charge in [0.15, 0.2) is 0 Å². The van der Waals surface area contributed by atoms with Gasteiger partial charge in [0, 0.05) is 33.0 Å². The van der Waals surface area contributed by atoms with E-state index in [2.05, 4.69) is 24.0 Å². The molecule has 0 atom stereocenters. The molecule has 0 aliphatic heterocycles. The van der Waals surface area contributed by atoms with E-state index >= 15 is 0 Å². The number of hydrogen-bond donors (Lipinski definition) is 0. The molecule has 0 spiro atoms. The smallest absolute Gasteiger partial charge is 0.227 e. The molecule has 0 aliphatic rings.